The predicted molar refractivity (Wildman–Crippen MR) is 153 cm³/mol. The Balaban J connectivity index is 1.31. The van der Waals surface area contributed by atoms with Gasteiger partial charge in [-0.05, 0) is 43.0 Å². The lowest BCUT2D eigenvalue weighted by atomic mass is 9.58. The molecule has 3 heterocycles. The van der Waals surface area contributed by atoms with Crippen molar-refractivity contribution in [3.8, 4) is 0 Å². The van der Waals surface area contributed by atoms with Crippen molar-refractivity contribution in [1.82, 2.24) is 0 Å². The summed E-state index contributed by atoms with van der Waals surface area (Å²) >= 11 is 0. The van der Waals surface area contributed by atoms with Crippen LogP contribution in [0, 0.1) is 49.8 Å². The van der Waals surface area contributed by atoms with Crippen LogP contribution in [0.4, 0.5) is 22.7 Å². The van der Waals surface area contributed by atoms with Crippen LogP contribution in [0.1, 0.15) is 30.3 Å². The molecule has 4 aliphatic rings. The second kappa shape index (κ2) is 10.3. The van der Waals surface area contributed by atoms with Crippen molar-refractivity contribution in [2.24, 2.45) is 29.6 Å². The van der Waals surface area contributed by atoms with Crippen LogP contribution >= 0.6 is 0 Å². The Morgan fingerprint density at radius 1 is 0.756 bits per heavy atom. The van der Waals surface area contributed by atoms with E-state index >= 15 is 0 Å². The highest BCUT2D eigenvalue weighted by Crippen LogP contribution is 2.58. The van der Waals surface area contributed by atoms with Gasteiger partial charge >= 0.3 is 0 Å². The zero-order valence-electron chi connectivity index (χ0n) is 23.3. The van der Waals surface area contributed by atoms with Crippen molar-refractivity contribution in [3.63, 3.8) is 0 Å². The minimum atomic E-state index is -0.964. The predicted octanol–water partition coefficient (Wildman–Crippen LogP) is 3.63. The van der Waals surface area contributed by atoms with Gasteiger partial charge in [0.05, 0.1) is 50.8 Å². The van der Waals surface area contributed by atoms with E-state index in [1.807, 2.05) is 6.08 Å². The lowest BCUT2D eigenvalue weighted by molar-refractivity contribution is -0.385. The minimum Gasteiger partial charge on any atom is -0.463 e. The molecule has 45 heavy (non-hydrogen) atoms. The first-order chi connectivity index (χ1) is 21.6. The van der Waals surface area contributed by atoms with Crippen LogP contribution in [0.5, 0.6) is 0 Å². The number of benzene rings is 2. The van der Waals surface area contributed by atoms with Crippen molar-refractivity contribution in [2.45, 2.75) is 25.4 Å². The van der Waals surface area contributed by atoms with E-state index in [1.54, 1.807) is 12.1 Å². The molecule has 0 bridgehead atoms. The highest BCUT2D eigenvalue weighted by molar-refractivity contribution is 6.24. The molecule has 14 nitrogen and oxygen atoms in total. The number of carbonyl (C=O) groups is 4. The van der Waals surface area contributed by atoms with Gasteiger partial charge in [-0.2, -0.15) is 0 Å². The summed E-state index contributed by atoms with van der Waals surface area (Å²) in [7, 11) is 0. The molecule has 0 radical (unpaired) electrons. The van der Waals surface area contributed by atoms with E-state index in [1.165, 1.54) is 36.4 Å². The number of anilines is 2. The fourth-order valence-corrected chi connectivity index (χ4v) is 7.55. The van der Waals surface area contributed by atoms with Gasteiger partial charge in [0.15, 0.2) is 0 Å². The van der Waals surface area contributed by atoms with E-state index in [-0.39, 0.29) is 41.4 Å². The lowest BCUT2D eigenvalue weighted by Crippen LogP contribution is -2.43. The number of allylic oxidation sites excluding steroid dienone is 2. The summed E-state index contributed by atoms with van der Waals surface area (Å²) in [5.74, 6) is -6.75. The number of carbonyl (C=O) groups excluding carboxylic acids is 4. The van der Waals surface area contributed by atoms with Crippen LogP contribution in [0.2, 0.25) is 0 Å². The van der Waals surface area contributed by atoms with Crippen LogP contribution in [-0.4, -0.2) is 38.6 Å². The maximum atomic E-state index is 14.1. The topological polar surface area (TPSA) is 194 Å². The molecule has 2 aliphatic carbocycles. The molecule has 0 unspecified atom stereocenters. The van der Waals surface area contributed by atoms with Crippen LogP contribution in [0.25, 0.3) is 0 Å². The Labute approximate surface area is 253 Å². The van der Waals surface area contributed by atoms with Crippen LogP contribution in [0.3, 0.4) is 0 Å². The Morgan fingerprint density at radius 3 is 1.89 bits per heavy atom. The molecule has 1 saturated carbocycles. The number of rotatable bonds is 6. The SMILES string of the molecule is O=C1[C@H]2[C@H](CC=C3[C@H]2C[C@H]2C(=O)N(c4cccc([N+](=O)[O-])c4)C(=O)[C@H]2[C@H]3c2ccc(CO)o2)C(=O)N1c1cccc([N+](=O)[O-])c1. The largest absolute Gasteiger partial charge is 0.463 e. The standard InChI is InChI=1S/C31H24N4O10/c36-14-19-7-10-24(45-19)26-20-8-9-21-25(30(39)32(28(21)37)15-3-1-5-17(11-15)34(41)42)22(20)13-23-27(26)31(40)33(29(23)38)16-4-2-6-18(12-16)35(43)44/h1-8,10-12,21-23,25-27,36H,9,13-14H2/t21-,22+,23+,25-,26+,27+/m0/s1. The number of amides is 4. The fraction of sp³-hybridized carbons (Fsp3) is 0.290. The fourth-order valence-electron chi connectivity index (χ4n) is 7.55. The summed E-state index contributed by atoms with van der Waals surface area (Å²) in [6, 6.07) is 13.6. The summed E-state index contributed by atoms with van der Waals surface area (Å²) < 4.78 is 5.90. The molecule has 2 aliphatic heterocycles. The van der Waals surface area contributed by atoms with Crippen LogP contribution < -0.4 is 9.80 Å². The molecule has 4 amide bonds. The smallest absolute Gasteiger partial charge is 0.271 e. The van der Waals surface area contributed by atoms with Gasteiger partial charge in [0, 0.05) is 24.3 Å². The van der Waals surface area contributed by atoms with E-state index in [2.05, 4.69) is 0 Å². The molecular weight excluding hydrogens is 588 g/mol. The van der Waals surface area contributed by atoms with Gasteiger partial charge in [-0.15, -0.1) is 0 Å². The summed E-state index contributed by atoms with van der Waals surface area (Å²) in [4.78, 5) is 79.2. The molecule has 2 saturated heterocycles. The number of fused-ring (bicyclic) bond motifs is 4. The molecule has 1 aromatic heterocycles. The Hall–Kier alpha value is -5.50. The molecule has 0 spiro atoms. The van der Waals surface area contributed by atoms with Crippen molar-refractivity contribution >= 4 is 46.4 Å². The molecule has 3 fully saturated rings. The molecule has 7 rings (SSSR count). The normalized spacial score (nSPS) is 27.3. The van der Waals surface area contributed by atoms with Gasteiger partial charge < -0.3 is 9.52 Å². The molecule has 3 aromatic rings. The molecule has 1 N–H and O–H groups in total. The Kier molecular flexibility index (Phi) is 6.47. The third kappa shape index (κ3) is 4.20. The highest BCUT2D eigenvalue weighted by Gasteiger charge is 2.63. The van der Waals surface area contributed by atoms with Gasteiger partial charge in [-0.3, -0.25) is 39.4 Å². The van der Waals surface area contributed by atoms with Crippen molar-refractivity contribution in [1.29, 1.82) is 0 Å². The second-order valence-electron chi connectivity index (χ2n) is 11.6. The van der Waals surface area contributed by atoms with Gasteiger partial charge in [0.2, 0.25) is 23.6 Å². The summed E-state index contributed by atoms with van der Waals surface area (Å²) in [6.45, 7) is -0.411. The maximum Gasteiger partial charge on any atom is 0.271 e. The molecule has 228 valence electrons. The van der Waals surface area contributed by atoms with Crippen molar-refractivity contribution in [2.75, 3.05) is 9.80 Å². The summed E-state index contributed by atoms with van der Waals surface area (Å²) in [5.41, 5.74) is 0.190. The second-order valence-corrected chi connectivity index (χ2v) is 11.6. The number of non-ortho nitro benzene ring substituents is 2. The number of aliphatic hydroxyl groups excluding tert-OH is 1. The Bertz CT molecular complexity index is 1860. The average Bonchev–Trinajstić information content (AvgIpc) is 3.69. The van der Waals surface area contributed by atoms with Gasteiger partial charge in [-0.1, -0.05) is 23.8 Å². The number of hydrogen-bond acceptors (Lipinski definition) is 10. The van der Waals surface area contributed by atoms with Crippen molar-refractivity contribution in [3.05, 3.63) is 104 Å². The maximum absolute atomic E-state index is 14.1. The molecule has 2 aromatic carbocycles. The Morgan fingerprint density at radius 2 is 1.33 bits per heavy atom. The third-order valence-electron chi connectivity index (χ3n) is 9.39. The van der Waals surface area contributed by atoms with E-state index in [9.17, 15) is 44.5 Å². The summed E-state index contributed by atoms with van der Waals surface area (Å²) in [5, 5.41) is 32.5. The molecular formula is C31H24N4O10. The first kappa shape index (κ1) is 28.3. The number of nitro groups is 2. The van der Waals surface area contributed by atoms with Gasteiger partial charge in [-0.25, -0.2) is 9.80 Å². The number of nitro benzene ring substituents is 2. The van der Waals surface area contributed by atoms with Gasteiger partial charge in [0.25, 0.3) is 11.4 Å². The van der Waals surface area contributed by atoms with Crippen molar-refractivity contribution < 1.29 is 38.5 Å². The third-order valence-corrected chi connectivity index (χ3v) is 9.39. The van der Waals surface area contributed by atoms with E-state index in [0.717, 1.165) is 21.9 Å². The van der Waals surface area contributed by atoms with E-state index in [4.69, 9.17) is 4.42 Å². The van der Waals surface area contributed by atoms with E-state index < -0.39 is 75.6 Å². The molecule has 6 atom stereocenters. The first-order valence-electron chi connectivity index (χ1n) is 14.2. The molecule has 14 heteroatoms. The number of furan rings is 1. The number of hydrogen-bond donors (Lipinski definition) is 1. The van der Waals surface area contributed by atoms with Gasteiger partial charge in [0.1, 0.15) is 18.1 Å². The quantitative estimate of drug-likeness (QED) is 0.186. The first-order valence-corrected chi connectivity index (χ1v) is 14.2. The highest BCUT2D eigenvalue weighted by atomic mass is 16.6. The monoisotopic (exact) mass is 612 g/mol. The number of imide groups is 2. The van der Waals surface area contributed by atoms with Crippen LogP contribution in [-0.2, 0) is 25.8 Å². The minimum absolute atomic E-state index is 0.0432. The summed E-state index contributed by atoms with van der Waals surface area (Å²) in [6.07, 6.45) is 2.02. The van der Waals surface area contributed by atoms with Crippen LogP contribution in [0.15, 0.2) is 76.7 Å². The zero-order chi connectivity index (χ0) is 31.7. The number of nitrogens with zero attached hydrogens (tertiary/aromatic N) is 4. The number of aliphatic hydroxyl groups is 1. The zero-order valence-corrected chi connectivity index (χ0v) is 23.3. The lowest BCUT2D eigenvalue weighted by Gasteiger charge is -2.43. The average molecular weight is 613 g/mol. The van der Waals surface area contributed by atoms with E-state index in [0.29, 0.717) is 11.3 Å².